The van der Waals surface area contributed by atoms with Gasteiger partial charge in [0.1, 0.15) is 0 Å². The summed E-state index contributed by atoms with van der Waals surface area (Å²) >= 11 is 0. The van der Waals surface area contributed by atoms with E-state index in [2.05, 4.69) is 66.7 Å². The first kappa shape index (κ1) is 14.8. The van der Waals surface area contributed by atoms with Gasteiger partial charge in [0.15, 0.2) is 0 Å². The Bertz CT molecular complexity index is 1300. The Morgan fingerprint density at radius 2 is 1.23 bits per heavy atom. The van der Waals surface area contributed by atoms with Crippen molar-refractivity contribution in [3.63, 3.8) is 0 Å². The highest BCUT2D eigenvalue weighted by molar-refractivity contribution is 6.17. The standard InChI is InChI=1S/C24H18N2/c25-19-10-11-23(26)22(14-19)20-7-3-6-15-8-9-18-12-16-4-1-2-5-17(16)13-21(18)24(15)20/h1-14H,25-26H2. The minimum atomic E-state index is 0.719. The predicted octanol–water partition coefficient (Wildman–Crippen LogP) is 5.98. The molecule has 0 spiro atoms. The highest BCUT2D eigenvalue weighted by Crippen LogP contribution is 2.38. The number of benzene rings is 5. The van der Waals surface area contributed by atoms with Gasteiger partial charge in [-0.15, -0.1) is 0 Å². The molecule has 0 saturated carbocycles. The number of nitrogen functional groups attached to an aromatic ring is 2. The smallest absolute Gasteiger partial charge is 0.0395 e. The normalized spacial score (nSPS) is 11.4. The molecule has 0 unspecified atom stereocenters. The molecule has 0 saturated heterocycles. The molecule has 0 heterocycles. The van der Waals surface area contributed by atoms with Crippen LogP contribution in [-0.4, -0.2) is 0 Å². The van der Waals surface area contributed by atoms with Crippen LogP contribution in [0.3, 0.4) is 0 Å². The molecule has 2 heteroatoms. The SMILES string of the molecule is Nc1ccc(N)c(-c2cccc3ccc4cc5ccccc5cc4c23)c1. The van der Waals surface area contributed by atoms with Crippen molar-refractivity contribution in [1.29, 1.82) is 0 Å². The Balaban J connectivity index is 1.96. The van der Waals surface area contributed by atoms with Gasteiger partial charge >= 0.3 is 0 Å². The van der Waals surface area contributed by atoms with Crippen molar-refractivity contribution in [2.24, 2.45) is 0 Å². The molecule has 2 nitrogen and oxygen atoms in total. The lowest BCUT2D eigenvalue weighted by Crippen LogP contribution is -1.94. The van der Waals surface area contributed by atoms with E-state index < -0.39 is 0 Å². The highest BCUT2D eigenvalue weighted by Gasteiger charge is 2.11. The van der Waals surface area contributed by atoms with E-state index in [9.17, 15) is 0 Å². The van der Waals surface area contributed by atoms with Crippen molar-refractivity contribution < 1.29 is 0 Å². The maximum absolute atomic E-state index is 6.29. The van der Waals surface area contributed by atoms with Gasteiger partial charge in [-0.25, -0.2) is 0 Å². The van der Waals surface area contributed by atoms with E-state index in [1.54, 1.807) is 0 Å². The van der Waals surface area contributed by atoms with Gasteiger partial charge in [-0.2, -0.15) is 0 Å². The molecule has 0 aromatic heterocycles. The van der Waals surface area contributed by atoms with Crippen LogP contribution >= 0.6 is 0 Å². The van der Waals surface area contributed by atoms with Crippen LogP contribution < -0.4 is 11.5 Å². The molecule has 0 aliphatic carbocycles. The summed E-state index contributed by atoms with van der Waals surface area (Å²) in [7, 11) is 0. The van der Waals surface area contributed by atoms with Crippen LogP contribution in [0.5, 0.6) is 0 Å². The number of hydrogen-bond donors (Lipinski definition) is 2. The van der Waals surface area contributed by atoms with E-state index in [0.717, 1.165) is 22.5 Å². The Kier molecular flexibility index (Phi) is 3.13. The van der Waals surface area contributed by atoms with E-state index >= 15 is 0 Å². The third kappa shape index (κ3) is 2.20. The van der Waals surface area contributed by atoms with Crippen molar-refractivity contribution in [2.45, 2.75) is 0 Å². The largest absolute Gasteiger partial charge is 0.399 e. The first-order valence-corrected chi connectivity index (χ1v) is 8.70. The topological polar surface area (TPSA) is 52.0 Å². The quantitative estimate of drug-likeness (QED) is 0.225. The number of nitrogens with two attached hydrogens (primary N) is 2. The van der Waals surface area contributed by atoms with Crippen molar-refractivity contribution in [3.8, 4) is 11.1 Å². The lowest BCUT2D eigenvalue weighted by atomic mass is 9.91. The van der Waals surface area contributed by atoms with Gasteiger partial charge in [-0.05, 0) is 68.2 Å². The molecule has 0 bridgehead atoms. The van der Waals surface area contributed by atoms with Crippen molar-refractivity contribution in [2.75, 3.05) is 11.5 Å². The van der Waals surface area contributed by atoms with E-state index in [4.69, 9.17) is 11.5 Å². The highest BCUT2D eigenvalue weighted by atomic mass is 14.6. The lowest BCUT2D eigenvalue weighted by molar-refractivity contribution is 1.63. The second-order valence-electron chi connectivity index (χ2n) is 6.74. The summed E-state index contributed by atoms with van der Waals surface area (Å²) in [5.41, 5.74) is 15.9. The maximum Gasteiger partial charge on any atom is 0.0395 e. The fourth-order valence-electron chi connectivity index (χ4n) is 3.83. The zero-order chi connectivity index (χ0) is 17.7. The van der Waals surface area contributed by atoms with Gasteiger partial charge in [0.25, 0.3) is 0 Å². The second kappa shape index (κ2) is 5.50. The van der Waals surface area contributed by atoms with Crippen LogP contribution in [0, 0.1) is 0 Å². The summed E-state index contributed by atoms with van der Waals surface area (Å²) in [4.78, 5) is 0. The molecule has 0 aliphatic rings. The summed E-state index contributed by atoms with van der Waals surface area (Å²) in [5.74, 6) is 0. The Morgan fingerprint density at radius 3 is 2.08 bits per heavy atom. The molecule has 4 N–H and O–H groups in total. The van der Waals surface area contributed by atoms with Gasteiger partial charge in [0, 0.05) is 16.9 Å². The molecule has 0 aliphatic heterocycles. The molecular formula is C24H18N2. The number of fused-ring (bicyclic) bond motifs is 4. The molecule has 0 atom stereocenters. The zero-order valence-electron chi connectivity index (χ0n) is 14.2. The zero-order valence-corrected chi connectivity index (χ0v) is 14.2. The lowest BCUT2D eigenvalue weighted by Gasteiger charge is -2.13. The van der Waals surface area contributed by atoms with E-state index in [0.29, 0.717) is 0 Å². The Hall–Kier alpha value is -3.52. The molecule has 5 aromatic rings. The van der Waals surface area contributed by atoms with Crippen molar-refractivity contribution in [3.05, 3.63) is 84.9 Å². The van der Waals surface area contributed by atoms with Crippen LogP contribution in [0.1, 0.15) is 0 Å². The molecule has 0 fully saturated rings. The van der Waals surface area contributed by atoms with Gasteiger partial charge in [0.05, 0.1) is 0 Å². The predicted molar refractivity (Wildman–Crippen MR) is 113 cm³/mol. The summed E-state index contributed by atoms with van der Waals surface area (Å²) in [5, 5.41) is 7.37. The van der Waals surface area contributed by atoms with Gasteiger partial charge in [-0.1, -0.05) is 54.6 Å². The van der Waals surface area contributed by atoms with Gasteiger partial charge in [-0.3, -0.25) is 0 Å². The average Bonchev–Trinajstić information content (AvgIpc) is 2.67. The van der Waals surface area contributed by atoms with Gasteiger partial charge < -0.3 is 11.5 Å². The van der Waals surface area contributed by atoms with Crippen LogP contribution in [0.2, 0.25) is 0 Å². The fourth-order valence-corrected chi connectivity index (χ4v) is 3.83. The minimum Gasteiger partial charge on any atom is -0.399 e. The number of rotatable bonds is 1. The molecular weight excluding hydrogens is 316 g/mol. The minimum absolute atomic E-state index is 0.719. The first-order valence-electron chi connectivity index (χ1n) is 8.70. The molecule has 0 amide bonds. The summed E-state index contributed by atoms with van der Waals surface area (Å²) in [6.45, 7) is 0. The van der Waals surface area contributed by atoms with Crippen LogP contribution in [0.4, 0.5) is 11.4 Å². The third-order valence-electron chi connectivity index (χ3n) is 5.09. The second-order valence-corrected chi connectivity index (χ2v) is 6.74. The Labute approximate surface area is 151 Å². The third-order valence-corrected chi connectivity index (χ3v) is 5.09. The summed E-state index contributed by atoms with van der Waals surface area (Å²) in [6.07, 6.45) is 0. The molecule has 5 rings (SSSR count). The monoisotopic (exact) mass is 334 g/mol. The van der Waals surface area contributed by atoms with E-state index in [1.165, 1.54) is 32.3 Å². The van der Waals surface area contributed by atoms with Crippen LogP contribution in [0.15, 0.2) is 84.9 Å². The van der Waals surface area contributed by atoms with Crippen molar-refractivity contribution in [1.82, 2.24) is 0 Å². The molecule has 5 aromatic carbocycles. The van der Waals surface area contributed by atoms with E-state index in [-0.39, 0.29) is 0 Å². The van der Waals surface area contributed by atoms with Gasteiger partial charge in [0.2, 0.25) is 0 Å². The Morgan fingerprint density at radius 1 is 0.500 bits per heavy atom. The van der Waals surface area contributed by atoms with Crippen molar-refractivity contribution >= 4 is 43.7 Å². The number of anilines is 2. The molecule has 0 radical (unpaired) electrons. The van der Waals surface area contributed by atoms with E-state index in [1.807, 2.05) is 18.2 Å². The number of hydrogen-bond acceptors (Lipinski definition) is 2. The first-order chi connectivity index (χ1) is 12.7. The van der Waals surface area contributed by atoms with Crippen LogP contribution in [-0.2, 0) is 0 Å². The summed E-state index contributed by atoms with van der Waals surface area (Å²) in [6, 6.07) is 29.4. The molecule has 124 valence electrons. The van der Waals surface area contributed by atoms with Crippen LogP contribution in [0.25, 0.3) is 43.4 Å². The molecule has 26 heavy (non-hydrogen) atoms. The fraction of sp³-hybridized carbons (Fsp3) is 0. The average molecular weight is 334 g/mol. The maximum atomic E-state index is 6.29. The summed E-state index contributed by atoms with van der Waals surface area (Å²) < 4.78 is 0.